The Morgan fingerprint density at radius 1 is 1.39 bits per heavy atom. The molecule has 0 aromatic carbocycles. The lowest BCUT2D eigenvalue weighted by Crippen LogP contribution is -2.33. The zero-order chi connectivity index (χ0) is 16.6. The van der Waals surface area contributed by atoms with E-state index in [0.29, 0.717) is 19.6 Å². The number of likely N-dealkylation sites (tertiary alicyclic amines) is 1. The van der Waals surface area contributed by atoms with Crippen molar-refractivity contribution in [3.8, 4) is 0 Å². The van der Waals surface area contributed by atoms with E-state index in [1.807, 2.05) is 17.2 Å². The molecule has 1 aliphatic heterocycles. The van der Waals surface area contributed by atoms with Crippen molar-refractivity contribution < 1.29 is 13.5 Å². The van der Waals surface area contributed by atoms with E-state index in [1.165, 1.54) is 18.4 Å². The van der Waals surface area contributed by atoms with Gasteiger partial charge in [0.1, 0.15) is 0 Å². The highest BCUT2D eigenvalue weighted by molar-refractivity contribution is 7.89. The topological polar surface area (TPSA) is 91.0 Å². The van der Waals surface area contributed by atoms with Gasteiger partial charge in [0.05, 0.1) is 18.1 Å². The average Bonchev–Trinajstić information content (AvgIpc) is 3.04. The second kappa shape index (κ2) is 6.16. The average molecular weight is 339 g/mol. The summed E-state index contributed by atoms with van der Waals surface area (Å²) >= 11 is 0. The van der Waals surface area contributed by atoms with Crippen molar-refractivity contribution in [1.82, 2.24) is 23.8 Å². The van der Waals surface area contributed by atoms with Gasteiger partial charge in [0.2, 0.25) is 10.0 Å². The van der Waals surface area contributed by atoms with Gasteiger partial charge in [0.15, 0.2) is 5.65 Å². The number of nitrogens with zero attached hydrogens (tertiary/aromatic N) is 5. The van der Waals surface area contributed by atoms with Crippen LogP contribution in [-0.4, -0.2) is 76.4 Å². The second-order valence-corrected chi connectivity index (χ2v) is 8.37. The number of aliphatic hydroxyl groups excluding tert-OH is 1. The van der Waals surface area contributed by atoms with Crippen LogP contribution in [0.4, 0.5) is 0 Å². The molecule has 23 heavy (non-hydrogen) atoms. The molecule has 0 amide bonds. The summed E-state index contributed by atoms with van der Waals surface area (Å²) in [5.74, 6) is -0.317. The van der Waals surface area contributed by atoms with Gasteiger partial charge in [0, 0.05) is 57.6 Å². The van der Waals surface area contributed by atoms with Crippen LogP contribution in [0, 0.1) is 5.92 Å². The molecule has 2 atom stereocenters. The molecular weight excluding hydrogens is 318 g/mol. The van der Waals surface area contributed by atoms with Crippen LogP contribution in [0.25, 0.3) is 5.65 Å². The first-order valence-corrected chi connectivity index (χ1v) is 9.05. The van der Waals surface area contributed by atoms with Gasteiger partial charge in [-0.3, -0.25) is 4.90 Å². The van der Waals surface area contributed by atoms with Crippen molar-refractivity contribution in [1.29, 1.82) is 0 Å². The molecule has 126 valence electrons. The molecule has 9 heteroatoms. The van der Waals surface area contributed by atoms with Crippen molar-refractivity contribution in [2.45, 2.75) is 12.6 Å². The maximum Gasteiger partial charge on any atom is 0.214 e. The van der Waals surface area contributed by atoms with Crippen LogP contribution in [0.15, 0.2) is 24.7 Å². The summed E-state index contributed by atoms with van der Waals surface area (Å²) in [5, 5.41) is 14.4. The van der Waals surface area contributed by atoms with E-state index in [4.69, 9.17) is 0 Å². The van der Waals surface area contributed by atoms with Crippen molar-refractivity contribution in [2.75, 3.05) is 32.9 Å². The molecule has 0 saturated carbocycles. The Hall–Kier alpha value is -1.55. The Kier molecular flexibility index (Phi) is 4.37. The number of aliphatic hydroxyl groups is 1. The maximum atomic E-state index is 12.0. The number of rotatable bonds is 5. The Bertz CT molecular complexity index is 789. The standard InChI is InChI=1S/C14H21N5O3S/c1-17(2)23(21,22)10-12-8-18(9-13(12)20)7-11-6-16-19-5-3-4-15-14(11)19/h3-6,12-13,20H,7-10H2,1-2H3/t12-,13-/m0/s1. The fraction of sp³-hybridized carbons (Fsp3) is 0.571. The molecule has 1 saturated heterocycles. The first-order valence-electron chi connectivity index (χ1n) is 7.44. The number of hydrogen-bond donors (Lipinski definition) is 1. The van der Waals surface area contributed by atoms with Crippen molar-refractivity contribution in [3.05, 3.63) is 30.2 Å². The molecular formula is C14H21N5O3S. The van der Waals surface area contributed by atoms with E-state index in [0.717, 1.165) is 11.2 Å². The normalized spacial score (nSPS) is 23.1. The van der Waals surface area contributed by atoms with E-state index >= 15 is 0 Å². The molecule has 8 nitrogen and oxygen atoms in total. The lowest BCUT2D eigenvalue weighted by atomic mass is 10.1. The fourth-order valence-corrected chi connectivity index (χ4v) is 4.05. The number of β-amino-alcohol motifs (C(OH)–C–C–N with tert-alkyl or cyclic N) is 1. The Balaban J connectivity index is 1.69. The van der Waals surface area contributed by atoms with Gasteiger partial charge in [-0.15, -0.1) is 0 Å². The molecule has 0 aliphatic carbocycles. The second-order valence-electron chi connectivity index (χ2n) is 6.14. The highest BCUT2D eigenvalue weighted by Crippen LogP contribution is 2.22. The summed E-state index contributed by atoms with van der Waals surface area (Å²) in [4.78, 5) is 6.36. The third-order valence-electron chi connectivity index (χ3n) is 4.21. The van der Waals surface area contributed by atoms with Gasteiger partial charge < -0.3 is 5.11 Å². The zero-order valence-electron chi connectivity index (χ0n) is 13.2. The Morgan fingerprint density at radius 2 is 2.17 bits per heavy atom. The zero-order valence-corrected chi connectivity index (χ0v) is 14.0. The van der Waals surface area contributed by atoms with E-state index in [-0.39, 0.29) is 11.7 Å². The first kappa shape index (κ1) is 16.3. The van der Waals surface area contributed by atoms with Crippen molar-refractivity contribution in [3.63, 3.8) is 0 Å². The third-order valence-corrected chi connectivity index (χ3v) is 6.17. The quantitative estimate of drug-likeness (QED) is 0.783. The smallest absolute Gasteiger partial charge is 0.214 e. The van der Waals surface area contributed by atoms with Gasteiger partial charge in [0.25, 0.3) is 0 Å². The summed E-state index contributed by atoms with van der Waals surface area (Å²) in [5.41, 5.74) is 1.75. The van der Waals surface area contributed by atoms with Crippen molar-refractivity contribution >= 4 is 15.7 Å². The van der Waals surface area contributed by atoms with Crippen LogP contribution < -0.4 is 0 Å². The van der Waals surface area contributed by atoms with Crippen LogP contribution in [0.3, 0.4) is 0 Å². The van der Waals surface area contributed by atoms with Crippen LogP contribution in [0.2, 0.25) is 0 Å². The van der Waals surface area contributed by atoms with Crippen molar-refractivity contribution in [2.24, 2.45) is 5.92 Å². The number of fused-ring (bicyclic) bond motifs is 1. The SMILES string of the molecule is CN(C)S(=O)(=O)C[C@@H]1CN(Cc2cnn3cccnc23)C[C@@H]1O. The molecule has 3 heterocycles. The monoisotopic (exact) mass is 339 g/mol. The molecule has 1 fully saturated rings. The summed E-state index contributed by atoms with van der Waals surface area (Å²) in [7, 11) is -0.291. The minimum absolute atomic E-state index is 0.0370. The number of aromatic nitrogens is 3. The minimum atomic E-state index is -3.32. The van der Waals surface area contributed by atoms with Gasteiger partial charge in [-0.2, -0.15) is 5.10 Å². The van der Waals surface area contributed by atoms with E-state index in [9.17, 15) is 13.5 Å². The van der Waals surface area contributed by atoms with Crippen LogP contribution in [-0.2, 0) is 16.6 Å². The Labute approximate surface area is 135 Å². The highest BCUT2D eigenvalue weighted by Gasteiger charge is 2.35. The largest absolute Gasteiger partial charge is 0.391 e. The molecule has 1 N–H and O–H groups in total. The van der Waals surface area contributed by atoms with E-state index in [2.05, 4.69) is 10.1 Å². The summed E-state index contributed by atoms with van der Waals surface area (Å²) in [6.07, 6.45) is 4.67. The van der Waals surface area contributed by atoms with Crippen LogP contribution in [0.5, 0.6) is 0 Å². The molecule has 0 radical (unpaired) electrons. The summed E-state index contributed by atoms with van der Waals surface area (Å²) < 4.78 is 26.9. The van der Waals surface area contributed by atoms with Gasteiger partial charge in [-0.05, 0) is 6.07 Å². The molecule has 2 aromatic rings. The Morgan fingerprint density at radius 3 is 2.91 bits per heavy atom. The van der Waals surface area contributed by atoms with Gasteiger partial charge >= 0.3 is 0 Å². The molecule has 0 unspecified atom stereocenters. The minimum Gasteiger partial charge on any atom is -0.391 e. The molecule has 0 spiro atoms. The molecule has 1 aliphatic rings. The van der Waals surface area contributed by atoms with Crippen LogP contribution in [0.1, 0.15) is 5.56 Å². The third kappa shape index (κ3) is 3.37. The van der Waals surface area contributed by atoms with Gasteiger partial charge in [-0.1, -0.05) is 0 Å². The van der Waals surface area contributed by atoms with Gasteiger partial charge in [-0.25, -0.2) is 22.2 Å². The highest BCUT2D eigenvalue weighted by atomic mass is 32.2. The summed E-state index contributed by atoms with van der Waals surface area (Å²) in [6, 6.07) is 1.81. The molecule has 0 bridgehead atoms. The van der Waals surface area contributed by atoms with E-state index in [1.54, 1.807) is 16.9 Å². The lowest BCUT2D eigenvalue weighted by molar-refractivity contribution is 0.148. The number of hydrogen-bond acceptors (Lipinski definition) is 6. The number of sulfonamides is 1. The van der Waals surface area contributed by atoms with Crippen LogP contribution >= 0.6 is 0 Å². The molecule has 2 aromatic heterocycles. The summed E-state index contributed by atoms with van der Waals surface area (Å²) in [6.45, 7) is 1.59. The first-order chi connectivity index (χ1) is 10.9. The predicted molar refractivity (Wildman–Crippen MR) is 85.2 cm³/mol. The fourth-order valence-electron chi connectivity index (χ4n) is 2.88. The maximum absolute atomic E-state index is 12.0. The van der Waals surface area contributed by atoms with E-state index < -0.39 is 16.1 Å². The molecule has 3 rings (SSSR count). The lowest BCUT2D eigenvalue weighted by Gasteiger charge is -2.17. The predicted octanol–water partition coefficient (Wildman–Crippen LogP) is -0.587.